The number of aryl methyl sites for hydroxylation is 1. The lowest BCUT2D eigenvalue weighted by Crippen LogP contribution is -2.34. The van der Waals surface area contributed by atoms with Crippen LogP contribution in [0.2, 0.25) is 0 Å². The van der Waals surface area contributed by atoms with E-state index < -0.39 is 17.6 Å². The highest BCUT2D eigenvalue weighted by molar-refractivity contribution is 7.96. The fraction of sp³-hybridized carbons (Fsp3) is 0.296. The Labute approximate surface area is 203 Å². The molecule has 0 aliphatic carbocycles. The number of halogens is 2. The smallest absolute Gasteiger partial charge is 0.307 e. The SMILES string of the molecule is CSNCCN1Cc2cc(F)cc(F)c2-c2c(C)c(-c3ccc(C)cc3)c(CC(=O)O)c(C)c21. The normalized spacial score (nSPS) is 12.5. The molecule has 0 unspecified atom stereocenters. The number of benzene rings is 3. The zero-order chi connectivity index (χ0) is 24.6. The van der Waals surface area contributed by atoms with Crippen LogP contribution in [0.25, 0.3) is 22.3 Å². The number of aliphatic carboxylic acids is 1. The summed E-state index contributed by atoms with van der Waals surface area (Å²) in [7, 11) is 0. The third-order valence-electron chi connectivity index (χ3n) is 6.46. The third kappa shape index (κ3) is 4.42. The van der Waals surface area contributed by atoms with Gasteiger partial charge in [0.15, 0.2) is 0 Å². The molecule has 0 spiro atoms. The molecule has 2 N–H and O–H groups in total. The number of hydrogen-bond donors (Lipinski definition) is 2. The van der Waals surface area contributed by atoms with E-state index in [1.807, 2.05) is 51.3 Å². The molecular weight excluding hydrogens is 454 g/mol. The highest BCUT2D eigenvalue weighted by Gasteiger charge is 2.32. The van der Waals surface area contributed by atoms with Gasteiger partial charge in [-0.05, 0) is 66.5 Å². The molecule has 178 valence electrons. The highest BCUT2D eigenvalue weighted by atomic mass is 32.2. The van der Waals surface area contributed by atoms with E-state index in [1.54, 1.807) is 0 Å². The summed E-state index contributed by atoms with van der Waals surface area (Å²) in [6.07, 6.45) is 1.80. The standard InChI is InChI=1S/C27H28F2N2O2S/c1-15-5-7-18(8-6-15)24-17(3)25-26-19(11-20(28)12-22(26)29)14-31(10-9-30-34-4)27(25)16(2)21(24)13-23(32)33/h5-8,11-12,30H,9-10,13-14H2,1-4H3,(H,32,33). The van der Waals surface area contributed by atoms with E-state index in [0.717, 1.165) is 45.1 Å². The van der Waals surface area contributed by atoms with E-state index in [9.17, 15) is 14.3 Å². The zero-order valence-electron chi connectivity index (χ0n) is 19.8. The molecule has 0 atom stereocenters. The summed E-state index contributed by atoms with van der Waals surface area (Å²) in [4.78, 5) is 14.0. The van der Waals surface area contributed by atoms with Crippen LogP contribution < -0.4 is 9.62 Å². The molecule has 0 radical (unpaired) electrons. The van der Waals surface area contributed by atoms with Gasteiger partial charge >= 0.3 is 5.97 Å². The minimum Gasteiger partial charge on any atom is -0.481 e. The second-order valence-corrected chi connectivity index (χ2v) is 9.40. The van der Waals surface area contributed by atoms with Gasteiger partial charge in [0.05, 0.1) is 6.42 Å². The van der Waals surface area contributed by atoms with E-state index in [1.165, 1.54) is 18.0 Å². The Bertz CT molecular complexity index is 1260. The maximum atomic E-state index is 15.3. The van der Waals surface area contributed by atoms with Crippen molar-refractivity contribution in [3.63, 3.8) is 0 Å². The molecule has 4 nitrogen and oxygen atoms in total. The summed E-state index contributed by atoms with van der Waals surface area (Å²) in [5.74, 6) is -2.12. The van der Waals surface area contributed by atoms with Crippen LogP contribution in [0, 0.1) is 32.4 Å². The topological polar surface area (TPSA) is 52.6 Å². The largest absolute Gasteiger partial charge is 0.481 e. The Kier molecular flexibility index (Phi) is 6.96. The lowest BCUT2D eigenvalue weighted by molar-refractivity contribution is -0.136. The van der Waals surface area contributed by atoms with Gasteiger partial charge in [0, 0.05) is 42.5 Å². The van der Waals surface area contributed by atoms with Crippen molar-refractivity contribution in [2.24, 2.45) is 0 Å². The molecular formula is C27H28F2N2O2S. The van der Waals surface area contributed by atoms with Crippen molar-refractivity contribution in [3.8, 4) is 22.3 Å². The van der Waals surface area contributed by atoms with E-state index in [-0.39, 0.29) is 6.42 Å². The molecule has 3 aromatic carbocycles. The summed E-state index contributed by atoms with van der Waals surface area (Å²) in [5.41, 5.74) is 7.66. The minimum absolute atomic E-state index is 0.140. The monoisotopic (exact) mass is 482 g/mol. The van der Waals surface area contributed by atoms with E-state index >= 15 is 4.39 Å². The van der Waals surface area contributed by atoms with Gasteiger partial charge in [0.2, 0.25) is 0 Å². The Balaban J connectivity index is 2.06. The Morgan fingerprint density at radius 2 is 1.76 bits per heavy atom. The van der Waals surface area contributed by atoms with Crippen LogP contribution in [0.1, 0.15) is 27.8 Å². The average molecular weight is 483 g/mol. The Hall–Kier alpha value is -2.90. The van der Waals surface area contributed by atoms with Crippen molar-refractivity contribution in [1.29, 1.82) is 0 Å². The molecule has 34 heavy (non-hydrogen) atoms. The molecule has 7 heteroatoms. The first-order valence-corrected chi connectivity index (χ1v) is 12.4. The summed E-state index contributed by atoms with van der Waals surface area (Å²) >= 11 is 1.51. The number of anilines is 1. The first-order valence-electron chi connectivity index (χ1n) is 11.2. The molecule has 0 fully saturated rings. The van der Waals surface area contributed by atoms with Gasteiger partial charge < -0.3 is 10.0 Å². The molecule has 1 heterocycles. The van der Waals surface area contributed by atoms with E-state index in [4.69, 9.17) is 0 Å². The summed E-state index contributed by atoms with van der Waals surface area (Å²) in [6.45, 7) is 7.45. The Morgan fingerprint density at radius 1 is 1.06 bits per heavy atom. The third-order valence-corrected chi connectivity index (χ3v) is 6.95. The van der Waals surface area contributed by atoms with Crippen molar-refractivity contribution in [2.45, 2.75) is 33.7 Å². The summed E-state index contributed by atoms with van der Waals surface area (Å²) < 4.78 is 32.7. The first kappa shape index (κ1) is 24.2. The maximum Gasteiger partial charge on any atom is 0.307 e. The summed E-state index contributed by atoms with van der Waals surface area (Å²) in [5, 5.41) is 9.75. The average Bonchev–Trinajstić information content (AvgIpc) is 2.77. The zero-order valence-corrected chi connectivity index (χ0v) is 20.6. The van der Waals surface area contributed by atoms with Gasteiger partial charge in [0.25, 0.3) is 0 Å². The lowest BCUT2D eigenvalue weighted by Gasteiger charge is -2.37. The quantitative estimate of drug-likeness (QED) is 0.318. The van der Waals surface area contributed by atoms with Gasteiger partial charge in [-0.1, -0.05) is 41.8 Å². The first-order chi connectivity index (χ1) is 16.2. The highest BCUT2D eigenvalue weighted by Crippen LogP contribution is 2.49. The van der Waals surface area contributed by atoms with Gasteiger partial charge in [-0.2, -0.15) is 0 Å². The number of carboxylic acid groups (broad SMARTS) is 1. The van der Waals surface area contributed by atoms with E-state index in [0.29, 0.717) is 36.3 Å². The number of rotatable bonds is 7. The van der Waals surface area contributed by atoms with Crippen LogP contribution in [0.15, 0.2) is 36.4 Å². The molecule has 1 aliphatic rings. The molecule has 0 saturated heterocycles. The lowest BCUT2D eigenvalue weighted by atomic mass is 9.80. The molecule has 0 amide bonds. The van der Waals surface area contributed by atoms with Crippen LogP contribution in [-0.2, 0) is 17.8 Å². The van der Waals surface area contributed by atoms with Crippen molar-refractivity contribution in [3.05, 3.63) is 75.8 Å². The molecule has 0 saturated carbocycles. The Morgan fingerprint density at radius 3 is 2.41 bits per heavy atom. The van der Waals surface area contributed by atoms with Crippen LogP contribution in [0.5, 0.6) is 0 Å². The number of nitrogens with zero attached hydrogens (tertiary/aromatic N) is 1. The second-order valence-electron chi connectivity index (χ2n) is 8.71. The molecule has 0 aromatic heterocycles. The van der Waals surface area contributed by atoms with E-state index in [2.05, 4.69) is 9.62 Å². The number of nitrogens with one attached hydrogen (secondary N) is 1. The predicted octanol–water partition coefficient (Wildman–Crippen LogP) is 6.04. The van der Waals surface area contributed by atoms with Crippen molar-refractivity contribution in [1.82, 2.24) is 4.72 Å². The maximum absolute atomic E-state index is 15.3. The van der Waals surface area contributed by atoms with Crippen LogP contribution >= 0.6 is 11.9 Å². The molecule has 0 bridgehead atoms. The van der Waals surface area contributed by atoms with Crippen molar-refractivity contribution in [2.75, 3.05) is 24.2 Å². The van der Waals surface area contributed by atoms with Gasteiger partial charge in [-0.25, -0.2) is 8.78 Å². The molecule has 3 aromatic rings. The minimum atomic E-state index is -0.920. The second kappa shape index (κ2) is 9.76. The van der Waals surface area contributed by atoms with Crippen LogP contribution in [0.3, 0.4) is 0 Å². The number of fused-ring (bicyclic) bond motifs is 3. The summed E-state index contributed by atoms with van der Waals surface area (Å²) in [6, 6.07) is 10.2. The predicted molar refractivity (Wildman–Crippen MR) is 135 cm³/mol. The van der Waals surface area contributed by atoms with Crippen LogP contribution in [0.4, 0.5) is 14.5 Å². The fourth-order valence-electron chi connectivity index (χ4n) is 5.02. The van der Waals surface area contributed by atoms with Gasteiger partial charge in [0.1, 0.15) is 11.6 Å². The fourth-order valence-corrected chi connectivity index (χ4v) is 5.32. The van der Waals surface area contributed by atoms with Gasteiger partial charge in [-0.3, -0.25) is 9.52 Å². The van der Waals surface area contributed by atoms with Gasteiger partial charge in [-0.15, -0.1) is 0 Å². The van der Waals surface area contributed by atoms with Crippen molar-refractivity contribution < 1.29 is 18.7 Å². The molecule has 4 rings (SSSR count). The number of carboxylic acids is 1. The number of carbonyl (C=O) groups is 1. The number of hydrogen-bond acceptors (Lipinski definition) is 4. The molecule has 1 aliphatic heterocycles. The van der Waals surface area contributed by atoms with Crippen molar-refractivity contribution >= 4 is 23.6 Å². The van der Waals surface area contributed by atoms with Crippen LogP contribution in [-0.4, -0.2) is 30.4 Å².